The monoisotopic (exact) mass is 310 g/mol. The molecule has 0 nitrogen and oxygen atoms in total. The number of fused-ring (bicyclic) bond motifs is 3. The molecule has 0 heterocycles. The molecular formula is C24H22. The lowest BCUT2D eigenvalue weighted by atomic mass is 9.44. The van der Waals surface area contributed by atoms with Crippen molar-refractivity contribution in [3.05, 3.63) is 94.1 Å². The fraction of sp³-hybridized carbons (Fsp3) is 0.250. The van der Waals surface area contributed by atoms with Crippen LogP contribution in [0.2, 0.25) is 0 Å². The molecule has 0 aliphatic heterocycles. The summed E-state index contributed by atoms with van der Waals surface area (Å²) in [4.78, 5) is 0. The first-order chi connectivity index (χ1) is 11.5. The highest BCUT2D eigenvalue weighted by Gasteiger charge is 2.58. The average Bonchev–Trinajstić information content (AvgIpc) is 2.55. The quantitative estimate of drug-likeness (QED) is 0.530. The van der Waals surface area contributed by atoms with E-state index in [9.17, 15) is 0 Å². The molecule has 0 amide bonds. The molecule has 0 bridgehead atoms. The van der Waals surface area contributed by atoms with Crippen LogP contribution in [0.15, 0.2) is 83.0 Å². The Kier molecular flexibility index (Phi) is 2.45. The van der Waals surface area contributed by atoms with Crippen molar-refractivity contribution < 1.29 is 0 Å². The summed E-state index contributed by atoms with van der Waals surface area (Å²) >= 11 is 0. The number of benzene rings is 1. The highest BCUT2D eigenvalue weighted by atomic mass is 14.6. The molecule has 1 aromatic rings. The molecule has 0 N–H and O–H groups in total. The van der Waals surface area contributed by atoms with Gasteiger partial charge in [-0.2, -0.15) is 0 Å². The first-order valence-electron chi connectivity index (χ1n) is 8.80. The van der Waals surface area contributed by atoms with E-state index in [0.29, 0.717) is 0 Å². The van der Waals surface area contributed by atoms with Crippen LogP contribution in [-0.4, -0.2) is 0 Å². The van der Waals surface area contributed by atoms with Crippen LogP contribution in [0.1, 0.15) is 38.8 Å². The minimum Gasteiger partial charge on any atom is -0.0616 e. The van der Waals surface area contributed by atoms with E-state index in [-0.39, 0.29) is 10.8 Å². The Morgan fingerprint density at radius 3 is 1.46 bits per heavy atom. The zero-order chi connectivity index (χ0) is 16.7. The first-order valence-corrected chi connectivity index (χ1v) is 8.80. The summed E-state index contributed by atoms with van der Waals surface area (Å²) in [7, 11) is 0. The zero-order valence-corrected chi connectivity index (χ0v) is 14.8. The van der Waals surface area contributed by atoms with Crippen molar-refractivity contribution in [3.8, 4) is 0 Å². The number of hydrogen-bond donors (Lipinski definition) is 0. The summed E-state index contributed by atoms with van der Waals surface area (Å²) in [6, 6.07) is 8.95. The van der Waals surface area contributed by atoms with Gasteiger partial charge in [-0.15, -0.1) is 0 Å². The molecule has 0 fully saturated rings. The molecule has 24 heavy (non-hydrogen) atoms. The van der Waals surface area contributed by atoms with Crippen LogP contribution in [0.25, 0.3) is 11.1 Å². The van der Waals surface area contributed by atoms with Crippen LogP contribution in [0, 0.1) is 10.8 Å². The van der Waals surface area contributed by atoms with Gasteiger partial charge in [-0.3, -0.25) is 0 Å². The Bertz CT molecular complexity index is 906. The molecular weight excluding hydrogens is 288 g/mol. The van der Waals surface area contributed by atoms with Crippen LogP contribution < -0.4 is 0 Å². The summed E-state index contributed by atoms with van der Waals surface area (Å²) in [5, 5.41) is 0. The number of rotatable bonds is 0. The summed E-state index contributed by atoms with van der Waals surface area (Å²) < 4.78 is 0. The van der Waals surface area contributed by atoms with Gasteiger partial charge in [0.2, 0.25) is 0 Å². The van der Waals surface area contributed by atoms with Gasteiger partial charge in [0.25, 0.3) is 0 Å². The van der Waals surface area contributed by atoms with E-state index in [1.807, 2.05) is 0 Å². The van der Waals surface area contributed by atoms with E-state index in [1.165, 1.54) is 44.6 Å². The molecule has 2 unspecified atom stereocenters. The SMILES string of the molecule is CC1=CC2=CC=C3C=C(C)C=C4c5ccccc5C(=C1)C2(C)C34C. The van der Waals surface area contributed by atoms with E-state index in [4.69, 9.17) is 0 Å². The summed E-state index contributed by atoms with van der Waals surface area (Å²) in [5.74, 6) is 0. The third kappa shape index (κ3) is 1.37. The Morgan fingerprint density at radius 2 is 1.04 bits per heavy atom. The second-order valence-electron chi connectivity index (χ2n) is 7.93. The molecule has 0 spiro atoms. The lowest BCUT2D eigenvalue weighted by molar-refractivity contribution is 0.302. The Balaban J connectivity index is 2.00. The maximum absolute atomic E-state index is 2.44. The molecule has 0 aromatic heterocycles. The van der Waals surface area contributed by atoms with Gasteiger partial charge in [0.15, 0.2) is 0 Å². The van der Waals surface area contributed by atoms with E-state index < -0.39 is 0 Å². The van der Waals surface area contributed by atoms with Crippen molar-refractivity contribution in [2.75, 3.05) is 0 Å². The van der Waals surface area contributed by atoms with Crippen LogP contribution in [0.5, 0.6) is 0 Å². The largest absolute Gasteiger partial charge is 0.0616 e. The third-order valence-electron chi connectivity index (χ3n) is 6.69. The molecule has 4 aliphatic carbocycles. The smallest absolute Gasteiger partial charge is 0.0315 e. The standard InChI is InChI=1S/C24H22/c1-15-11-17-9-10-18-12-16(2)14-22-20-8-6-5-7-19(20)21(13-15)23(17,3)24(18,22)4/h5-14H,1-4H3. The Hall–Kier alpha value is -2.34. The van der Waals surface area contributed by atoms with Crippen molar-refractivity contribution in [2.45, 2.75) is 27.7 Å². The molecule has 5 rings (SSSR count). The van der Waals surface area contributed by atoms with Gasteiger partial charge < -0.3 is 0 Å². The average molecular weight is 310 g/mol. The van der Waals surface area contributed by atoms with Crippen LogP contribution >= 0.6 is 0 Å². The van der Waals surface area contributed by atoms with E-state index in [1.54, 1.807) is 0 Å². The highest BCUT2D eigenvalue weighted by Crippen LogP contribution is 2.70. The normalized spacial score (nSPS) is 32.3. The number of hydrogen-bond acceptors (Lipinski definition) is 0. The van der Waals surface area contributed by atoms with Gasteiger partial charge in [-0.05, 0) is 47.3 Å². The summed E-state index contributed by atoms with van der Waals surface area (Å²) in [6.07, 6.45) is 14.2. The van der Waals surface area contributed by atoms with E-state index in [2.05, 4.69) is 88.4 Å². The molecule has 0 saturated carbocycles. The van der Waals surface area contributed by atoms with Crippen LogP contribution in [-0.2, 0) is 0 Å². The molecule has 2 atom stereocenters. The molecule has 4 aliphatic rings. The maximum atomic E-state index is 2.44. The van der Waals surface area contributed by atoms with Gasteiger partial charge >= 0.3 is 0 Å². The molecule has 0 saturated heterocycles. The third-order valence-corrected chi connectivity index (χ3v) is 6.69. The van der Waals surface area contributed by atoms with Crippen LogP contribution in [0.4, 0.5) is 0 Å². The van der Waals surface area contributed by atoms with Crippen molar-refractivity contribution in [3.63, 3.8) is 0 Å². The second-order valence-corrected chi connectivity index (χ2v) is 7.93. The van der Waals surface area contributed by atoms with E-state index in [0.717, 1.165) is 0 Å². The van der Waals surface area contributed by atoms with Crippen molar-refractivity contribution >= 4 is 11.1 Å². The van der Waals surface area contributed by atoms with Crippen molar-refractivity contribution in [1.29, 1.82) is 0 Å². The van der Waals surface area contributed by atoms with Crippen LogP contribution in [0.3, 0.4) is 0 Å². The maximum Gasteiger partial charge on any atom is 0.0315 e. The van der Waals surface area contributed by atoms with Gasteiger partial charge in [-0.1, -0.05) is 85.7 Å². The Labute approximate surface area is 144 Å². The molecule has 0 radical (unpaired) electrons. The Morgan fingerprint density at radius 1 is 0.625 bits per heavy atom. The van der Waals surface area contributed by atoms with Crippen molar-refractivity contribution in [2.24, 2.45) is 10.8 Å². The van der Waals surface area contributed by atoms with Crippen molar-refractivity contribution in [1.82, 2.24) is 0 Å². The minimum atomic E-state index is -0.00597. The molecule has 118 valence electrons. The van der Waals surface area contributed by atoms with Gasteiger partial charge in [0, 0.05) is 10.8 Å². The fourth-order valence-electron chi connectivity index (χ4n) is 5.29. The molecule has 1 aromatic carbocycles. The first kappa shape index (κ1) is 14.0. The van der Waals surface area contributed by atoms with Gasteiger partial charge in [0.05, 0.1) is 0 Å². The topological polar surface area (TPSA) is 0 Å². The molecule has 0 heteroatoms. The summed E-state index contributed by atoms with van der Waals surface area (Å²) in [6.45, 7) is 9.32. The highest BCUT2D eigenvalue weighted by molar-refractivity contribution is 5.98. The van der Waals surface area contributed by atoms with Gasteiger partial charge in [0.1, 0.15) is 0 Å². The second kappa shape index (κ2) is 4.19. The zero-order valence-electron chi connectivity index (χ0n) is 14.8. The predicted molar refractivity (Wildman–Crippen MR) is 102 cm³/mol. The fourth-order valence-corrected chi connectivity index (χ4v) is 5.29. The lowest BCUT2D eigenvalue weighted by Gasteiger charge is -2.58. The predicted octanol–water partition coefficient (Wildman–Crippen LogP) is 6.27. The number of allylic oxidation sites excluding steroid dienone is 12. The van der Waals surface area contributed by atoms with Gasteiger partial charge in [-0.25, -0.2) is 0 Å². The summed E-state index contributed by atoms with van der Waals surface area (Å²) in [5.41, 5.74) is 11.3. The minimum absolute atomic E-state index is 0.00597. The lowest BCUT2D eigenvalue weighted by Crippen LogP contribution is -2.47. The van der Waals surface area contributed by atoms with E-state index >= 15 is 0 Å².